The van der Waals surface area contributed by atoms with E-state index < -0.39 is 0 Å². The summed E-state index contributed by atoms with van der Waals surface area (Å²) in [5.41, 5.74) is 3.55. The highest BCUT2D eigenvalue weighted by atomic mass is 16.5. The standard InChI is InChI=1S/C21H21NO3/c1-14-10-20(23)25-21-17(14)8-9-19-18(21)12-22(13-24-19)11-15(2)16-6-4-3-5-7-16/h3-10,15H,11-13H2,1-2H3/t15-/m0/s1. The smallest absolute Gasteiger partial charge is 0.336 e. The van der Waals surface area contributed by atoms with Gasteiger partial charge < -0.3 is 9.15 Å². The first kappa shape index (κ1) is 15.9. The molecule has 0 aliphatic carbocycles. The van der Waals surface area contributed by atoms with Crippen LogP contribution >= 0.6 is 0 Å². The Hall–Kier alpha value is -2.59. The van der Waals surface area contributed by atoms with E-state index in [1.165, 1.54) is 11.6 Å². The van der Waals surface area contributed by atoms with E-state index in [1.807, 2.05) is 25.1 Å². The van der Waals surface area contributed by atoms with Crippen molar-refractivity contribution in [1.29, 1.82) is 0 Å². The molecular weight excluding hydrogens is 314 g/mol. The molecule has 0 radical (unpaired) electrons. The molecule has 128 valence electrons. The fraction of sp³-hybridized carbons (Fsp3) is 0.286. The molecule has 2 aromatic carbocycles. The number of ether oxygens (including phenoxy) is 1. The average Bonchev–Trinajstić information content (AvgIpc) is 2.62. The van der Waals surface area contributed by atoms with Crippen molar-refractivity contribution in [2.45, 2.75) is 26.3 Å². The van der Waals surface area contributed by atoms with E-state index in [4.69, 9.17) is 9.15 Å². The lowest BCUT2D eigenvalue weighted by atomic mass is 10.00. The van der Waals surface area contributed by atoms with Crippen LogP contribution in [0.3, 0.4) is 0 Å². The van der Waals surface area contributed by atoms with Crippen LogP contribution in [0.4, 0.5) is 0 Å². The third kappa shape index (κ3) is 3.05. The third-order valence-electron chi connectivity index (χ3n) is 4.86. The summed E-state index contributed by atoms with van der Waals surface area (Å²) < 4.78 is 11.4. The Morgan fingerprint density at radius 2 is 1.96 bits per heavy atom. The van der Waals surface area contributed by atoms with Crippen LogP contribution in [-0.2, 0) is 6.54 Å². The molecule has 0 amide bonds. The van der Waals surface area contributed by atoms with Crippen molar-refractivity contribution in [3.8, 4) is 5.75 Å². The summed E-state index contributed by atoms with van der Waals surface area (Å²) in [5.74, 6) is 1.21. The molecule has 0 saturated carbocycles. The minimum absolute atomic E-state index is 0.312. The summed E-state index contributed by atoms with van der Waals surface area (Å²) >= 11 is 0. The van der Waals surface area contributed by atoms with Crippen molar-refractivity contribution in [3.05, 3.63) is 75.6 Å². The second-order valence-corrected chi connectivity index (χ2v) is 6.76. The number of nitrogens with zero attached hydrogens (tertiary/aromatic N) is 1. The van der Waals surface area contributed by atoms with Crippen molar-refractivity contribution < 1.29 is 9.15 Å². The van der Waals surface area contributed by atoms with Gasteiger partial charge in [-0.15, -0.1) is 0 Å². The van der Waals surface area contributed by atoms with Crippen LogP contribution in [0.5, 0.6) is 5.75 Å². The predicted molar refractivity (Wildman–Crippen MR) is 98.0 cm³/mol. The van der Waals surface area contributed by atoms with Gasteiger partial charge in [-0.3, -0.25) is 4.90 Å². The van der Waals surface area contributed by atoms with Crippen molar-refractivity contribution in [2.24, 2.45) is 0 Å². The predicted octanol–water partition coefficient (Wildman–Crippen LogP) is 4.06. The second-order valence-electron chi connectivity index (χ2n) is 6.76. The van der Waals surface area contributed by atoms with E-state index in [1.54, 1.807) is 0 Å². The fourth-order valence-electron chi connectivity index (χ4n) is 3.53. The molecule has 0 bridgehead atoms. The van der Waals surface area contributed by atoms with Crippen LogP contribution in [0.25, 0.3) is 11.0 Å². The highest BCUT2D eigenvalue weighted by Crippen LogP contribution is 2.33. The van der Waals surface area contributed by atoms with Crippen molar-refractivity contribution in [3.63, 3.8) is 0 Å². The molecule has 4 nitrogen and oxygen atoms in total. The molecule has 4 heteroatoms. The zero-order valence-corrected chi connectivity index (χ0v) is 14.5. The van der Waals surface area contributed by atoms with Gasteiger partial charge in [-0.1, -0.05) is 37.3 Å². The monoisotopic (exact) mass is 335 g/mol. The van der Waals surface area contributed by atoms with Gasteiger partial charge in [0, 0.05) is 24.5 Å². The normalized spacial score (nSPS) is 15.6. The molecule has 0 saturated heterocycles. The summed E-state index contributed by atoms with van der Waals surface area (Å²) in [4.78, 5) is 14.1. The molecule has 0 spiro atoms. The van der Waals surface area contributed by atoms with E-state index in [2.05, 4.69) is 36.1 Å². The molecule has 0 N–H and O–H groups in total. The first-order valence-corrected chi connectivity index (χ1v) is 8.58. The van der Waals surface area contributed by atoms with Crippen molar-refractivity contribution in [2.75, 3.05) is 13.3 Å². The molecule has 1 aliphatic rings. The molecule has 2 heterocycles. The maximum absolute atomic E-state index is 11.8. The molecule has 4 rings (SSSR count). The lowest BCUT2D eigenvalue weighted by Crippen LogP contribution is -2.34. The molecule has 0 unspecified atom stereocenters. The third-order valence-corrected chi connectivity index (χ3v) is 4.86. The lowest BCUT2D eigenvalue weighted by molar-refractivity contribution is 0.0909. The van der Waals surface area contributed by atoms with E-state index in [-0.39, 0.29) is 5.63 Å². The number of hydrogen-bond donors (Lipinski definition) is 0. The molecule has 0 fully saturated rings. The van der Waals surface area contributed by atoms with Gasteiger partial charge in [0.05, 0.1) is 5.56 Å². The number of hydrogen-bond acceptors (Lipinski definition) is 4. The second kappa shape index (κ2) is 6.37. The molecule has 1 aromatic heterocycles. The Labute approximate surface area is 146 Å². The van der Waals surface area contributed by atoms with Gasteiger partial charge in [0.1, 0.15) is 18.1 Å². The van der Waals surface area contributed by atoms with Gasteiger partial charge >= 0.3 is 5.63 Å². The van der Waals surface area contributed by atoms with Gasteiger partial charge in [0.2, 0.25) is 0 Å². The highest BCUT2D eigenvalue weighted by Gasteiger charge is 2.23. The molecule has 3 aromatic rings. The SMILES string of the molecule is Cc1cc(=O)oc2c3c(ccc12)OCN(C[C@H](C)c1ccccc1)C3. The fourth-order valence-corrected chi connectivity index (χ4v) is 3.53. The maximum Gasteiger partial charge on any atom is 0.336 e. The minimum Gasteiger partial charge on any atom is -0.478 e. The summed E-state index contributed by atoms with van der Waals surface area (Å²) in [7, 11) is 0. The Morgan fingerprint density at radius 3 is 2.76 bits per heavy atom. The Bertz CT molecular complexity index is 962. The Morgan fingerprint density at radius 1 is 1.16 bits per heavy atom. The molecule has 1 aliphatic heterocycles. The van der Waals surface area contributed by atoms with E-state index in [9.17, 15) is 4.79 Å². The lowest BCUT2D eigenvalue weighted by Gasteiger charge is -2.31. The Kier molecular flexibility index (Phi) is 4.06. The topological polar surface area (TPSA) is 42.7 Å². The van der Waals surface area contributed by atoms with Gasteiger partial charge in [0.15, 0.2) is 0 Å². The minimum atomic E-state index is -0.312. The first-order chi connectivity index (χ1) is 12.1. The molecular formula is C21H21NO3. The number of aryl methyl sites for hydroxylation is 1. The van der Waals surface area contributed by atoms with E-state index in [0.717, 1.165) is 35.4 Å². The summed E-state index contributed by atoms with van der Waals surface area (Å²) in [6.45, 7) is 6.31. The zero-order chi connectivity index (χ0) is 17.4. The van der Waals surface area contributed by atoms with Crippen LogP contribution < -0.4 is 10.4 Å². The molecule has 25 heavy (non-hydrogen) atoms. The van der Waals surface area contributed by atoms with Crippen LogP contribution in [0.2, 0.25) is 0 Å². The van der Waals surface area contributed by atoms with Gasteiger partial charge in [0.25, 0.3) is 0 Å². The van der Waals surface area contributed by atoms with Crippen molar-refractivity contribution in [1.82, 2.24) is 4.90 Å². The molecule has 1 atom stereocenters. The largest absolute Gasteiger partial charge is 0.478 e. The first-order valence-electron chi connectivity index (χ1n) is 8.58. The number of fused-ring (bicyclic) bond motifs is 3. The summed E-state index contributed by atoms with van der Waals surface area (Å²) in [6.07, 6.45) is 0. The average molecular weight is 335 g/mol. The Balaban J connectivity index is 1.64. The maximum atomic E-state index is 11.8. The van der Waals surface area contributed by atoms with Gasteiger partial charge in [-0.05, 0) is 36.1 Å². The van der Waals surface area contributed by atoms with Crippen molar-refractivity contribution >= 4 is 11.0 Å². The van der Waals surface area contributed by atoms with E-state index >= 15 is 0 Å². The van der Waals surface area contributed by atoms with Gasteiger partial charge in [-0.25, -0.2) is 4.79 Å². The summed E-state index contributed by atoms with van der Waals surface area (Å²) in [5, 5.41) is 0.972. The van der Waals surface area contributed by atoms with Crippen LogP contribution in [0, 0.1) is 6.92 Å². The highest BCUT2D eigenvalue weighted by molar-refractivity contribution is 5.85. The quantitative estimate of drug-likeness (QED) is 0.677. The van der Waals surface area contributed by atoms with E-state index in [0.29, 0.717) is 18.2 Å². The van der Waals surface area contributed by atoms with Crippen LogP contribution in [-0.4, -0.2) is 18.2 Å². The summed E-state index contributed by atoms with van der Waals surface area (Å²) in [6, 6.07) is 16.0. The van der Waals surface area contributed by atoms with Crippen LogP contribution in [0.1, 0.15) is 29.5 Å². The zero-order valence-electron chi connectivity index (χ0n) is 14.5. The number of rotatable bonds is 3. The number of benzene rings is 2. The van der Waals surface area contributed by atoms with Crippen LogP contribution in [0.15, 0.2) is 57.7 Å². The van der Waals surface area contributed by atoms with Gasteiger partial charge in [-0.2, -0.15) is 0 Å².